The third kappa shape index (κ3) is 2.71. The van der Waals surface area contributed by atoms with E-state index >= 15 is 0 Å². The highest BCUT2D eigenvalue weighted by molar-refractivity contribution is 7.07. The molecule has 2 fully saturated rings. The molecule has 3 heterocycles. The molecular formula is C11H18Cl2N2S. The molecule has 0 aromatic carbocycles. The van der Waals surface area contributed by atoms with Gasteiger partial charge in [0, 0.05) is 19.1 Å². The summed E-state index contributed by atoms with van der Waals surface area (Å²) < 4.78 is 0. The van der Waals surface area contributed by atoms with Crippen LogP contribution >= 0.6 is 36.2 Å². The zero-order chi connectivity index (χ0) is 9.38. The summed E-state index contributed by atoms with van der Waals surface area (Å²) in [5, 5.41) is 7.94. The Hall–Kier alpha value is 0.200. The van der Waals surface area contributed by atoms with Crippen LogP contribution in [0.15, 0.2) is 16.8 Å². The van der Waals surface area contributed by atoms with Gasteiger partial charge in [0.15, 0.2) is 0 Å². The Morgan fingerprint density at radius 3 is 3.00 bits per heavy atom. The van der Waals surface area contributed by atoms with Crippen LogP contribution in [0, 0.1) is 5.92 Å². The lowest BCUT2D eigenvalue weighted by atomic mass is 10.1. The maximum atomic E-state index is 3.49. The first kappa shape index (κ1) is 14.3. The molecule has 0 spiro atoms. The van der Waals surface area contributed by atoms with Crippen LogP contribution in [0.3, 0.4) is 0 Å². The van der Waals surface area contributed by atoms with Crippen molar-refractivity contribution in [3.63, 3.8) is 0 Å². The average molecular weight is 281 g/mol. The summed E-state index contributed by atoms with van der Waals surface area (Å²) in [6.45, 7) is 4.90. The summed E-state index contributed by atoms with van der Waals surface area (Å²) in [4.78, 5) is 2.65. The van der Waals surface area contributed by atoms with Crippen molar-refractivity contribution in [2.75, 3.05) is 19.6 Å². The standard InChI is InChI=1S/C11H16N2S.2ClH/c1-3-13(7-9-2-4-14-8-9)11-6-12-5-10(1)11;;/h2,4,8,10-12H,1,3,5-7H2;2*1H/t10-,11+;;/m0../s1. The highest BCUT2D eigenvalue weighted by Crippen LogP contribution is 2.28. The van der Waals surface area contributed by atoms with Crippen molar-refractivity contribution < 1.29 is 0 Å². The van der Waals surface area contributed by atoms with E-state index in [-0.39, 0.29) is 24.8 Å². The molecule has 2 atom stereocenters. The lowest BCUT2D eigenvalue weighted by molar-refractivity contribution is 0.244. The Balaban J connectivity index is 0.000000640. The molecule has 0 bridgehead atoms. The van der Waals surface area contributed by atoms with Gasteiger partial charge in [-0.15, -0.1) is 24.8 Å². The van der Waals surface area contributed by atoms with Crippen LogP contribution in [0.25, 0.3) is 0 Å². The van der Waals surface area contributed by atoms with Gasteiger partial charge in [0.25, 0.3) is 0 Å². The van der Waals surface area contributed by atoms with Crippen molar-refractivity contribution in [3.05, 3.63) is 22.4 Å². The third-order valence-electron chi connectivity index (χ3n) is 3.53. The molecule has 0 unspecified atom stereocenters. The second-order valence-corrected chi connectivity index (χ2v) is 5.16. The minimum absolute atomic E-state index is 0. The molecule has 5 heteroatoms. The van der Waals surface area contributed by atoms with Crippen LogP contribution in [0.5, 0.6) is 0 Å². The van der Waals surface area contributed by atoms with Crippen molar-refractivity contribution in [1.29, 1.82) is 0 Å². The van der Waals surface area contributed by atoms with Crippen LogP contribution in [-0.4, -0.2) is 30.6 Å². The first-order valence-electron chi connectivity index (χ1n) is 5.39. The maximum absolute atomic E-state index is 3.49. The van der Waals surface area contributed by atoms with E-state index in [0.717, 1.165) is 18.5 Å². The first-order valence-corrected chi connectivity index (χ1v) is 6.33. The fraction of sp³-hybridized carbons (Fsp3) is 0.636. The summed E-state index contributed by atoms with van der Waals surface area (Å²) >= 11 is 1.81. The molecule has 1 aromatic rings. The molecule has 0 saturated carbocycles. The van der Waals surface area contributed by atoms with E-state index in [1.807, 2.05) is 0 Å². The summed E-state index contributed by atoms with van der Waals surface area (Å²) in [5.41, 5.74) is 1.49. The van der Waals surface area contributed by atoms with Gasteiger partial charge in [-0.25, -0.2) is 0 Å². The lowest BCUT2D eigenvalue weighted by Crippen LogP contribution is -2.33. The number of nitrogens with one attached hydrogen (secondary N) is 1. The molecule has 2 aliphatic rings. The SMILES string of the molecule is Cl.Cl.c1cc(CN2CC[C@H]3CNC[C@H]32)cs1. The maximum Gasteiger partial charge on any atom is 0.0264 e. The van der Waals surface area contributed by atoms with Crippen molar-refractivity contribution in [2.24, 2.45) is 5.92 Å². The minimum atomic E-state index is 0. The monoisotopic (exact) mass is 280 g/mol. The zero-order valence-electron chi connectivity index (χ0n) is 9.09. The molecule has 92 valence electrons. The topological polar surface area (TPSA) is 15.3 Å². The minimum Gasteiger partial charge on any atom is -0.315 e. The van der Waals surface area contributed by atoms with Crippen molar-refractivity contribution in [3.8, 4) is 0 Å². The number of hydrogen-bond acceptors (Lipinski definition) is 3. The van der Waals surface area contributed by atoms with E-state index in [2.05, 4.69) is 27.0 Å². The van der Waals surface area contributed by atoms with Gasteiger partial charge in [-0.1, -0.05) is 0 Å². The lowest BCUT2D eigenvalue weighted by Gasteiger charge is -2.22. The van der Waals surface area contributed by atoms with E-state index in [4.69, 9.17) is 0 Å². The highest BCUT2D eigenvalue weighted by atomic mass is 35.5. The molecule has 2 nitrogen and oxygen atoms in total. The summed E-state index contributed by atoms with van der Waals surface area (Å²) in [5.74, 6) is 0.925. The Morgan fingerprint density at radius 2 is 2.25 bits per heavy atom. The smallest absolute Gasteiger partial charge is 0.0264 e. The molecule has 1 N–H and O–H groups in total. The average Bonchev–Trinajstić information content (AvgIpc) is 2.85. The largest absolute Gasteiger partial charge is 0.315 e. The molecule has 2 saturated heterocycles. The predicted octanol–water partition coefficient (Wildman–Crippen LogP) is 2.39. The molecule has 0 aliphatic carbocycles. The number of halogens is 2. The Labute approximate surface area is 113 Å². The van der Waals surface area contributed by atoms with Crippen molar-refractivity contribution in [1.82, 2.24) is 10.2 Å². The van der Waals surface area contributed by atoms with Gasteiger partial charge in [-0.2, -0.15) is 11.3 Å². The van der Waals surface area contributed by atoms with Crippen molar-refractivity contribution >= 4 is 36.2 Å². The van der Waals surface area contributed by atoms with Crippen molar-refractivity contribution in [2.45, 2.75) is 19.0 Å². The van der Waals surface area contributed by atoms with Gasteiger partial charge >= 0.3 is 0 Å². The van der Waals surface area contributed by atoms with Gasteiger partial charge in [-0.3, -0.25) is 4.90 Å². The molecule has 0 amide bonds. The quantitative estimate of drug-likeness (QED) is 0.895. The summed E-state index contributed by atoms with van der Waals surface area (Å²) in [6.07, 6.45) is 1.39. The molecule has 0 radical (unpaired) electrons. The number of hydrogen-bond donors (Lipinski definition) is 1. The summed E-state index contributed by atoms with van der Waals surface area (Å²) in [7, 11) is 0. The molecule has 16 heavy (non-hydrogen) atoms. The Morgan fingerprint density at radius 1 is 1.38 bits per heavy atom. The number of likely N-dealkylation sites (tertiary alicyclic amines) is 1. The molecule has 2 aliphatic heterocycles. The van der Waals surface area contributed by atoms with E-state index in [1.165, 1.54) is 31.6 Å². The van der Waals surface area contributed by atoms with Gasteiger partial charge < -0.3 is 5.32 Å². The fourth-order valence-electron chi connectivity index (χ4n) is 2.75. The number of fused-ring (bicyclic) bond motifs is 1. The zero-order valence-corrected chi connectivity index (χ0v) is 11.5. The van der Waals surface area contributed by atoms with E-state index in [9.17, 15) is 0 Å². The third-order valence-corrected chi connectivity index (χ3v) is 4.26. The normalized spacial score (nSPS) is 28.2. The van der Waals surface area contributed by atoms with Gasteiger partial charge in [0.2, 0.25) is 0 Å². The Kier molecular flexibility index (Phi) is 5.54. The number of rotatable bonds is 2. The second-order valence-electron chi connectivity index (χ2n) is 4.38. The van der Waals surface area contributed by atoms with E-state index < -0.39 is 0 Å². The van der Waals surface area contributed by atoms with Crippen LogP contribution in [0.2, 0.25) is 0 Å². The number of nitrogens with zero attached hydrogens (tertiary/aromatic N) is 1. The fourth-order valence-corrected chi connectivity index (χ4v) is 3.41. The van der Waals surface area contributed by atoms with Crippen LogP contribution in [-0.2, 0) is 6.54 Å². The molecular weight excluding hydrogens is 263 g/mol. The van der Waals surface area contributed by atoms with E-state index in [1.54, 1.807) is 11.3 Å². The summed E-state index contributed by atoms with van der Waals surface area (Å²) in [6, 6.07) is 3.07. The van der Waals surface area contributed by atoms with E-state index in [0.29, 0.717) is 0 Å². The molecule has 3 rings (SSSR count). The van der Waals surface area contributed by atoms with Crippen LogP contribution in [0.1, 0.15) is 12.0 Å². The van der Waals surface area contributed by atoms with Crippen LogP contribution in [0.4, 0.5) is 0 Å². The Bertz CT molecular complexity index is 305. The van der Waals surface area contributed by atoms with Gasteiger partial charge in [0.05, 0.1) is 0 Å². The van der Waals surface area contributed by atoms with Crippen LogP contribution < -0.4 is 5.32 Å². The molecule has 1 aromatic heterocycles. The second kappa shape index (κ2) is 6.22. The van der Waals surface area contributed by atoms with Gasteiger partial charge in [0.1, 0.15) is 0 Å². The first-order chi connectivity index (χ1) is 6.93. The highest BCUT2D eigenvalue weighted by Gasteiger charge is 2.36. The predicted molar refractivity (Wildman–Crippen MR) is 74.0 cm³/mol. The number of thiophene rings is 1. The van der Waals surface area contributed by atoms with Gasteiger partial charge in [-0.05, 0) is 47.8 Å².